The van der Waals surface area contributed by atoms with Crippen molar-refractivity contribution >= 4 is 0 Å². The molecule has 0 aliphatic carbocycles. The van der Waals surface area contributed by atoms with Crippen molar-refractivity contribution in [1.29, 1.82) is 0 Å². The summed E-state index contributed by atoms with van der Waals surface area (Å²) in [7, 11) is 1.76. The van der Waals surface area contributed by atoms with Gasteiger partial charge in [-0.1, -0.05) is 0 Å². The van der Waals surface area contributed by atoms with Crippen molar-refractivity contribution in [2.75, 3.05) is 26.8 Å². The molecule has 1 aromatic rings. The van der Waals surface area contributed by atoms with Crippen molar-refractivity contribution in [2.45, 2.75) is 32.7 Å². The molecule has 0 radical (unpaired) electrons. The Balaban J connectivity index is 1.91. The van der Waals surface area contributed by atoms with E-state index < -0.39 is 0 Å². The van der Waals surface area contributed by atoms with Crippen LogP contribution in [-0.4, -0.2) is 36.4 Å². The number of aromatic nitrogens is 2. The first-order valence-electron chi connectivity index (χ1n) is 6.02. The molecule has 0 spiro atoms. The van der Waals surface area contributed by atoms with Gasteiger partial charge < -0.3 is 14.6 Å². The highest BCUT2D eigenvalue weighted by atomic mass is 16.5. The normalized spacial score (nSPS) is 10.9. The van der Waals surface area contributed by atoms with E-state index in [0.29, 0.717) is 0 Å². The molecule has 0 fully saturated rings. The number of nitrogens with one attached hydrogen (secondary N) is 1. The van der Waals surface area contributed by atoms with Crippen LogP contribution < -0.4 is 5.32 Å². The maximum atomic E-state index is 5.00. The average molecular weight is 225 g/mol. The zero-order valence-electron chi connectivity index (χ0n) is 10.4. The molecule has 0 aliphatic rings. The minimum Gasteiger partial charge on any atom is -0.385 e. The number of methoxy groups -OCH3 is 1. The largest absolute Gasteiger partial charge is 0.385 e. The van der Waals surface area contributed by atoms with Gasteiger partial charge in [-0.05, 0) is 32.7 Å². The van der Waals surface area contributed by atoms with Gasteiger partial charge in [-0.25, -0.2) is 4.98 Å². The van der Waals surface area contributed by atoms with Crippen LogP contribution in [0.2, 0.25) is 0 Å². The van der Waals surface area contributed by atoms with Crippen LogP contribution in [0.5, 0.6) is 0 Å². The maximum absolute atomic E-state index is 5.00. The number of nitrogens with zero attached hydrogens (tertiary/aromatic N) is 2. The Morgan fingerprint density at radius 2 is 2.19 bits per heavy atom. The monoisotopic (exact) mass is 225 g/mol. The Labute approximate surface area is 98.0 Å². The predicted octanol–water partition coefficient (Wildman–Crippen LogP) is 1.60. The minimum atomic E-state index is 0.883. The lowest BCUT2D eigenvalue weighted by molar-refractivity contribution is 0.192. The second-order valence-corrected chi connectivity index (χ2v) is 3.97. The number of aryl methyl sites for hydroxylation is 1. The molecule has 0 bridgehead atoms. The van der Waals surface area contributed by atoms with Crippen LogP contribution >= 0.6 is 0 Å². The van der Waals surface area contributed by atoms with Gasteiger partial charge >= 0.3 is 0 Å². The molecule has 4 nitrogen and oxygen atoms in total. The van der Waals surface area contributed by atoms with E-state index >= 15 is 0 Å². The summed E-state index contributed by atoms with van der Waals surface area (Å²) in [6.45, 7) is 6.03. The summed E-state index contributed by atoms with van der Waals surface area (Å²) in [6, 6.07) is 0. The van der Waals surface area contributed by atoms with E-state index in [1.807, 2.05) is 19.3 Å². The summed E-state index contributed by atoms with van der Waals surface area (Å²) >= 11 is 0. The van der Waals surface area contributed by atoms with E-state index in [-0.39, 0.29) is 0 Å². The van der Waals surface area contributed by atoms with E-state index in [4.69, 9.17) is 4.74 Å². The first kappa shape index (κ1) is 13.2. The van der Waals surface area contributed by atoms with Gasteiger partial charge in [0.25, 0.3) is 0 Å². The third-order valence-corrected chi connectivity index (χ3v) is 2.66. The van der Waals surface area contributed by atoms with E-state index in [2.05, 4.69) is 14.9 Å². The van der Waals surface area contributed by atoms with Crippen molar-refractivity contribution < 1.29 is 4.74 Å². The molecule has 1 heterocycles. The van der Waals surface area contributed by atoms with E-state index in [0.717, 1.165) is 32.1 Å². The Hall–Kier alpha value is -0.870. The lowest BCUT2D eigenvalue weighted by atomic mass is 10.2. The molecule has 0 aromatic carbocycles. The number of hydrogen-bond donors (Lipinski definition) is 1. The van der Waals surface area contributed by atoms with Crippen LogP contribution in [0.3, 0.4) is 0 Å². The molecule has 0 amide bonds. The van der Waals surface area contributed by atoms with Crippen LogP contribution in [0.1, 0.15) is 25.1 Å². The summed E-state index contributed by atoms with van der Waals surface area (Å²) in [6.07, 6.45) is 7.51. The van der Waals surface area contributed by atoms with E-state index in [1.165, 1.54) is 19.3 Å². The number of hydrogen-bond acceptors (Lipinski definition) is 3. The Bertz CT molecular complexity index is 273. The summed E-state index contributed by atoms with van der Waals surface area (Å²) in [5, 5.41) is 3.44. The number of ether oxygens (including phenoxy) is 1. The van der Waals surface area contributed by atoms with Crippen LogP contribution in [0.15, 0.2) is 12.4 Å². The summed E-state index contributed by atoms with van der Waals surface area (Å²) in [5.41, 5.74) is 0. The van der Waals surface area contributed by atoms with E-state index in [1.54, 1.807) is 7.11 Å². The van der Waals surface area contributed by atoms with Crippen molar-refractivity contribution in [3.8, 4) is 0 Å². The van der Waals surface area contributed by atoms with Crippen molar-refractivity contribution in [1.82, 2.24) is 14.9 Å². The Morgan fingerprint density at radius 3 is 2.88 bits per heavy atom. The quantitative estimate of drug-likeness (QED) is 0.649. The summed E-state index contributed by atoms with van der Waals surface area (Å²) in [4.78, 5) is 4.19. The summed E-state index contributed by atoms with van der Waals surface area (Å²) in [5.74, 6) is 1.09. The molecule has 4 heteroatoms. The third-order valence-electron chi connectivity index (χ3n) is 2.66. The van der Waals surface area contributed by atoms with Gasteiger partial charge in [0.05, 0.1) is 0 Å². The van der Waals surface area contributed by atoms with Gasteiger partial charge in [0.15, 0.2) is 0 Å². The van der Waals surface area contributed by atoms with Crippen LogP contribution in [0.4, 0.5) is 0 Å². The standard InChI is InChI=1S/C12H23N3O/c1-12-14-8-10-15(12)9-7-13-6-4-3-5-11-16-2/h8,10,13H,3-7,9,11H2,1-2H3. The van der Waals surface area contributed by atoms with Gasteiger partial charge in [0.2, 0.25) is 0 Å². The highest BCUT2D eigenvalue weighted by Gasteiger charge is 1.95. The molecule has 0 saturated carbocycles. The predicted molar refractivity (Wildman–Crippen MR) is 65.6 cm³/mol. The first-order chi connectivity index (χ1) is 7.84. The first-order valence-corrected chi connectivity index (χ1v) is 6.02. The highest BCUT2D eigenvalue weighted by molar-refractivity contribution is 4.88. The molecule has 16 heavy (non-hydrogen) atoms. The van der Waals surface area contributed by atoms with Crippen molar-refractivity contribution in [2.24, 2.45) is 0 Å². The zero-order valence-corrected chi connectivity index (χ0v) is 10.4. The minimum absolute atomic E-state index is 0.883. The lowest BCUT2D eigenvalue weighted by Gasteiger charge is -2.06. The topological polar surface area (TPSA) is 39.1 Å². The molecule has 1 N–H and O–H groups in total. The molecule has 0 saturated heterocycles. The van der Waals surface area contributed by atoms with Crippen LogP contribution in [0, 0.1) is 6.92 Å². The fraction of sp³-hybridized carbons (Fsp3) is 0.750. The van der Waals surface area contributed by atoms with Crippen molar-refractivity contribution in [3.05, 3.63) is 18.2 Å². The zero-order chi connectivity index (χ0) is 11.6. The smallest absolute Gasteiger partial charge is 0.105 e. The number of rotatable bonds is 9. The molecule has 0 atom stereocenters. The number of unbranched alkanes of at least 4 members (excludes halogenated alkanes) is 2. The third kappa shape index (κ3) is 5.28. The fourth-order valence-corrected chi connectivity index (χ4v) is 1.64. The second kappa shape index (κ2) is 8.30. The molecular weight excluding hydrogens is 202 g/mol. The molecule has 0 unspecified atom stereocenters. The van der Waals surface area contributed by atoms with Crippen LogP contribution in [0.25, 0.3) is 0 Å². The Morgan fingerprint density at radius 1 is 1.31 bits per heavy atom. The Kier molecular flexibility index (Phi) is 6.85. The van der Waals surface area contributed by atoms with E-state index in [9.17, 15) is 0 Å². The van der Waals surface area contributed by atoms with Gasteiger partial charge in [-0.2, -0.15) is 0 Å². The van der Waals surface area contributed by atoms with Crippen molar-refractivity contribution in [3.63, 3.8) is 0 Å². The number of imidazole rings is 1. The average Bonchev–Trinajstić information content (AvgIpc) is 2.68. The molecule has 1 rings (SSSR count). The van der Waals surface area contributed by atoms with Gasteiger partial charge in [-0.3, -0.25) is 0 Å². The lowest BCUT2D eigenvalue weighted by Crippen LogP contribution is -2.21. The molecular formula is C12H23N3O. The fourth-order valence-electron chi connectivity index (χ4n) is 1.64. The highest BCUT2D eigenvalue weighted by Crippen LogP contribution is 1.95. The molecule has 92 valence electrons. The maximum Gasteiger partial charge on any atom is 0.105 e. The van der Waals surface area contributed by atoms with Gasteiger partial charge in [0, 0.05) is 39.2 Å². The second-order valence-electron chi connectivity index (χ2n) is 3.97. The molecule has 1 aromatic heterocycles. The van der Waals surface area contributed by atoms with Gasteiger partial charge in [-0.15, -0.1) is 0 Å². The molecule has 0 aliphatic heterocycles. The van der Waals surface area contributed by atoms with Crippen LogP contribution in [-0.2, 0) is 11.3 Å². The SMILES string of the molecule is COCCCCCNCCn1ccnc1C. The van der Waals surface area contributed by atoms with Gasteiger partial charge in [0.1, 0.15) is 5.82 Å². The summed E-state index contributed by atoms with van der Waals surface area (Å²) < 4.78 is 7.17.